The van der Waals surface area contributed by atoms with Crippen molar-refractivity contribution in [2.45, 2.75) is 37.2 Å². The molecule has 1 amide bonds. The molecule has 0 heterocycles. The maximum atomic E-state index is 11.8. The lowest BCUT2D eigenvalue weighted by Crippen LogP contribution is -2.40. The predicted molar refractivity (Wildman–Crippen MR) is 82.5 cm³/mol. The van der Waals surface area contributed by atoms with E-state index < -0.39 is 0 Å². The number of thioether (sulfide) groups is 1. The van der Waals surface area contributed by atoms with Crippen molar-refractivity contribution in [1.82, 2.24) is 10.2 Å². The van der Waals surface area contributed by atoms with Gasteiger partial charge in [0.1, 0.15) is 0 Å². The van der Waals surface area contributed by atoms with Crippen LogP contribution >= 0.6 is 11.8 Å². The SMILES string of the molecule is CC(C)N[C@@H](CSc1ccccc1)CC(=O)N(C)C. The van der Waals surface area contributed by atoms with Crippen LogP contribution in [0.5, 0.6) is 0 Å². The van der Waals surface area contributed by atoms with E-state index in [1.165, 1.54) is 4.90 Å². The van der Waals surface area contributed by atoms with E-state index in [1.54, 1.807) is 30.8 Å². The Hall–Kier alpha value is -1.00. The van der Waals surface area contributed by atoms with E-state index in [1.807, 2.05) is 18.2 Å². The summed E-state index contributed by atoms with van der Waals surface area (Å²) >= 11 is 1.79. The number of nitrogens with one attached hydrogen (secondary N) is 1. The molecule has 0 unspecified atom stereocenters. The second kappa shape index (κ2) is 8.23. The van der Waals surface area contributed by atoms with Crippen LogP contribution in [0.3, 0.4) is 0 Å². The summed E-state index contributed by atoms with van der Waals surface area (Å²) in [4.78, 5) is 14.7. The van der Waals surface area contributed by atoms with Gasteiger partial charge in [0.25, 0.3) is 0 Å². The van der Waals surface area contributed by atoms with Crippen molar-refractivity contribution in [3.63, 3.8) is 0 Å². The van der Waals surface area contributed by atoms with Crippen LogP contribution in [-0.4, -0.2) is 42.7 Å². The van der Waals surface area contributed by atoms with Crippen LogP contribution < -0.4 is 5.32 Å². The molecule has 0 saturated heterocycles. The fourth-order valence-corrected chi connectivity index (χ4v) is 2.70. The second-order valence-corrected chi connectivity index (χ2v) is 6.23. The zero-order valence-electron chi connectivity index (χ0n) is 12.2. The predicted octanol–water partition coefficient (Wildman–Crippen LogP) is 2.62. The minimum Gasteiger partial charge on any atom is -0.349 e. The molecule has 1 aromatic carbocycles. The summed E-state index contributed by atoms with van der Waals surface area (Å²) in [6.45, 7) is 4.22. The van der Waals surface area contributed by atoms with Crippen molar-refractivity contribution in [1.29, 1.82) is 0 Å². The first-order valence-electron chi connectivity index (χ1n) is 6.63. The lowest BCUT2D eigenvalue weighted by atomic mass is 10.2. The molecular weight excluding hydrogens is 256 g/mol. The van der Waals surface area contributed by atoms with Gasteiger partial charge in [0, 0.05) is 43.2 Å². The molecule has 19 heavy (non-hydrogen) atoms. The van der Waals surface area contributed by atoms with Crippen LogP contribution in [0, 0.1) is 0 Å². The molecule has 4 heteroatoms. The maximum Gasteiger partial charge on any atom is 0.223 e. The largest absolute Gasteiger partial charge is 0.349 e. The summed E-state index contributed by atoms with van der Waals surface area (Å²) in [5, 5.41) is 3.47. The van der Waals surface area contributed by atoms with Crippen molar-refractivity contribution >= 4 is 17.7 Å². The van der Waals surface area contributed by atoms with Crippen LogP contribution in [0.2, 0.25) is 0 Å². The number of rotatable bonds is 7. The van der Waals surface area contributed by atoms with Gasteiger partial charge < -0.3 is 10.2 Å². The minimum atomic E-state index is 0.173. The fourth-order valence-electron chi connectivity index (χ4n) is 1.74. The average Bonchev–Trinajstić information content (AvgIpc) is 2.36. The normalized spacial score (nSPS) is 12.5. The molecule has 1 rings (SSSR count). The van der Waals surface area contributed by atoms with E-state index in [0.29, 0.717) is 12.5 Å². The van der Waals surface area contributed by atoms with Gasteiger partial charge in [-0.15, -0.1) is 11.8 Å². The first-order valence-corrected chi connectivity index (χ1v) is 7.61. The van der Waals surface area contributed by atoms with E-state index in [0.717, 1.165) is 5.75 Å². The number of hydrogen-bond donors (Lipinski definition) is 1. The molecule has 0 fully saturated rings. The highest BCUT2D eigenvalue weighted by Gasteiger charge is 2.16. The highest BCUT2D eigenvalue weighted by Crippen LogP contribution is 2.19. The quantitative estimate of drug-likeness (QED) is 0.779. The average molecular weight is 280 g/mol. The van der Waals surface area contributed by atoms with Gasteiger partial charge in [0.05, 0.1) is 0 Å². The summed E-state index contributed by atoms with van der Waals surface area (Å²) in [5.74, 6) is 1.08. The lowest BCUT2D eigenvalue weighted by Gasteiger charge is -2.22. The Morgan fingerprint density at radius 3 is 2.42 bits per heavy atom. The van der Waals surface area contributed by atoms with Crippen LogP contribution in [0.25, 0.3) is 0 Å². The fraction of sp³-hybridized carbons (Fsp3) is 0.533. The molecule has 0 aliphatic heterocycles. The summed E-state index contributed by atoms with van der Waals surface area (Å²) in [6.07, 6.45) is 0.547. The molecule has 0 aliphatic carbocycles. The Balaban J connectivity index is 2.52. The van der Waals surface area contributed by atoms with Gasteiger partial charge in [0.15, 0.2) is 0 Å². The standard InChI is InChI=1S/C15H24N2OS/c1-12(2)16-13(10-15(18)17(3)4)11-19-14-8-6-5-7-9-14/h5-9,12-13,16H,10-11H2,1-4H3/t13-/m1/s1. The Bertz CT molecular complexity index is 379. The van der Waals surface area contributed by atoms with E-state index in [2.05, 4.69) is 31.3 Å². The molecule has 1 atom stereocenters. The molecule has 3 nitrogen and oxygen atoms in total. The zero-order chi connectivity index (χ0) is 14.3. The highest BCUT2D eigenvalue weighted by molar-refractivity contribution is 7.99. The van der Waals surface area contributed by atoms with Gasteiger partial charge in [-0.25, -0.2) is 0 Å². The molecule has 1 aromatic rings. The third-order valence-corrected chi connectivity index (χ3v) is 3.86. The number of nitrogens with zero attached hydrogens (tertiary/aromatic N) is 1. The maximum absolute atomic E-state index is 11.8. The van der Waals surface area contributed by atoms with Crippen molar-refractivity contribution in [2.75, 3.05) is 19.8 Å². The summed E-state index contributed by atoms with van der Waals surface area (Å²) < 4.78 is 0. The van der Waals surface area contributed by atoms with Crippen LogP contribution in [0.15, 0.2) is 35.2 Å². The summed E-state index contributed by atoms with van der Waals surface area (Å²) in [7, 11) is 3.61. The van der Waals surface area contributed by atoms with E-state index >= 15 is 0 Å². The topological polar surface area (TPSA) is 32.3 Å². The first-order chi connectivity index (χ1) is 8.99. The van der Waals surface area contributed by atoms with Crippen molar-refractivity contribution in [2.24, 2.45) is 0 Å². The molecular formula is C15H24N2OS. The van der Waals surface area contributed by atoms with Gasteiger partial charge in [0.2, 0.25) is 5.91 Å². The molecule has 0 aromatic heterocycles. The molecule has 0 spiro atoms. The molecule has 106 valence electrons. The number of hydrogen-bond acceptors (Lipinski definition) is 3. The van der Waals surface area contributed by atoms with E-state index in [9.17, 15) is 4.79 Å². The van der Waals surface area contributed by atoms with Gasteiger partial charge in [-0.1, -0.05) is 32.0 Å². The second-order valence-electron chi connectivity index (χ2n) is 5.13. The number of carbonyl (C=O) groups is 1. The summed E-state index contributed by atoms with van der Waals surface area (Å²) in [5.41, 5.74) is 0. The third-order valence-electron chi connectivity index (χ3n) is 2.68. The van der Waals surface area contributed by atoms with Gasteiger partial charge in [-0.2, -0.15) is 0 Å². The van der Waals surface area contributed by atoms with Gasteiger partial charge >= 0.3 is 0 Å². The minimum absolute atomic E-state index is 0.173. The van der Waals surface area contributed by atoms with Crippen molar-refractivity contribution in [3.8, 4) is 0 Å². The lowest BCUT2D eigenvalue weighted by molar-refractivity contribution is -0.129. The summed E-state index contributed by atoms with van der Waals surface area (Å²) in [6, 6.07) is 10.9. The Labute approximate surface area is 120 Å². The van der Waals surface area contributed by atoms with Crippen LogP contribution in [0.1, 0.15) is 20.3 Å². The smallest absolute Gasteiger partial charge is 0.223 e. The van der Waals surface area contributed by atoms with Gasteiger partial charge in [-0.3, -0.25) is 4.79 Å². The Morgan fingerprint density at radius 2 is 1.89 bits per heavy atom. The zero-order valence-corrected chi connectivity index (χ0v) is 13.0. The van der Waals surface area contributed by atoms with Crippen molar-refractivity contribution < 1.29 is 4.79 Å². The molecule has 0 bridgehead atoms. The molecule has 0 radical (unpaired) electrons. The van der Waals surface area contributed by atoms with Crippen LogP contribution in [-0.2, 0) is 4.79 Å². The van der Waals surface area contributed by atoms with Crippen molar-refractivity contribution in [3.05, 3.63) is 30.3 Å². The Kier molecular flexibility index (Phi) is 6.95. The highest BCUT2D eigenvalue weighted by atomic mass is 32.2. The van der Waals surface area contributed by atoms with Crippen LogP contribution in [0.4, 0.5) is 0 Å². The van der Waals surface area contributed by atoms with E-state index in [4.69, 9.17) is 0 Å². The monoisotopic (exact) mass is 280 g/mol. The third kappa shape index (κ3) is 6.64. The van der Waals surface area contributed by atoms with Gasteiger partial charge in [-0.05, 0) is 12.1 Å². The molecule has 0 saturated carbocycles. The number of amides is 1. The molecule has 0 aliphatic rings. The first kappa shape index (κ1) is 16.1. The molecule has 1 N–H and O–H groups in total. The Morgan fingerprint density at radius 1 is 1.26 bits per heavy atom. The number of benzene rings is 1. The van der Waals surface area contributed by atoms with E-state index in [-0.39, 0.29) is 11.9 Å². The number of carbonyl (C=O) groups excluding carboxylic acids is 1.